The Morgan fingerprint density at radius 1 is 1.42 bits per heavy atom. The Labute approximate surface area is 119 Å². The highest BCUT2D eigenvalue weighted by Gasteiger charge is 2.22. The van der Waals surface area contributed by atoms with Gasteiger partial charge in [-0.1, -0.05) is 11.6 Å². The Morgan fingerprint density at radius 3 is 2.63 bits per heavy atom. The molecule has 0 aromatic heterocycles. The minimum absolute atomic E-state index is 0.0893. The lowest BCUT2D eigenvalue weighted by atomic mass is 10.0. The normalized spacial score (nSPS) is 17.4. The highest BCUT2D eigenvalue weighted by Crippen LogP contribution is 2.28. The van der Waals surface area contributed by atoms with Crippen LogP contribution in [0, 0.1) is 5.41 Å². The second-order valence-corrected chi connectivity index (χ2v) is 5.66. The third-order valence-corrected chi connectivity index (χ3v) is 4.10. The van der Waals surface area contributed by atoms with E-state index in [0.29, 0.717) is 11.1 Å². The van der Waals surface area contributed by atoms with Gasteiger partial charge in [0.05, 0.1) is 0 Å². The van der Waals surface area contributed by atoms with Gasteiger partial charge in [0.15, 0.2) is 0 Å². The van der Waals surface area contributed by atoms with Crippen LogP contribution in [-0.2, 0) is 0 Å². The monoisotopic (exact) mass is 280 g/mol. The summed E-state index contributed by atoms with van der Waals surface area (Å²) in [6.07, 6.45) is 2.24. The van der Waals surface area contributed by atoms with Gasteiger partial charge in [-0.3, -0.25) is 5.41 Å². The van der Waals surface area contributed by atoms with E-state index in [1.54, 1.807) is 6.07 Å². The number of amidine groups is 1. The van der Waals surface area contributed by atoms with Gasteiger partial charge in [-0.2, -0.15) is 0 Å². The van der Waals surface area contributed by atoms with E-state index >= 15 is 0 Å². The van der Waals surface area contributed by atoms with Crippen molar-refractivity contribution in [2.75, 3.05) is 32.1 Å². The quantitative estimate of drug-likeness (QED) is 0.659. The van der Waals surface area contributed by atoms with E-state index in [4.69, 9.17) is 22.7 Å². The van der Waals surface area contributed by atoms with E-state index in [0.717, 1.165) is 37.2 Å². The second kappa shape index (κ2) is 5.80. The van der Waals surface area contributed by atoms with E-state index in [2.05, 4.69) is 23.9 Å². The lowest BCUT2D eigenvalue weighted by molar-refractivity contribution is 0.253. The Hall–Kier alpha value is -1.26. The van der Waals surface area contributed by atoms with Gasteiger partial charge in [-0.05, 0) is 51.2 Å². The standard InChI is InChI=1S/C14H21ClN4/c1-18-7-5-11(6-8-18)19(2)13-9-10(15)3-4-12(13)14(16)17/h3-4,9,11H,5-8H2,1-2H3,(H3,16,17). The molecule has 1 saturated heterocycles. The molecule has 1 aromatic rings. The van der Waals surface area contributed by atoms with Gasteiger partial charge in [0, 0.05) is 29.4 Å². The van der Waals surface area contributed by atoms with Gasteiger partial charge in [-0.25, -0.2) is 0 Å². The number of likely N-dealkylation sites (tertiary alicyclic amines) is 1. The first-order chi connectivity index (χ1) is 8.99. The molecule has 1 fully saturated rings. The smallest absolute Gasteiger partial charge is 0.124 e. The molecule has 1 aliphatic rings. The molecule has 0 saturated carbocycles. The Morgan fingerprint density at radius 2 is 2.05 bits per heavy atom. The van der Waals surface area contributed by atoms with Gasteiger partial charge in [0.2, 0.25) is 0 Å². The molecule has 0 radical (unpaired) electrons. The predicted octanol–water partition coefficient (Wildman–Crippen LogP) is 2.15. The van der Waals surface area contributed by atoms with Crippen LogP contribution >= 0.6 is 11.6 Å². The number of nitrogens with zero attached hydrogens (tertiary/aromatic N) is 2. The molecule has 3 N–H and O–H groups in total. The fraction of sp³-hybridized carbons (Fsp3) is 0.500. The molecule has 0 amide bonds. The molecule has 0 aliphatic carbocycles. The van der Waals surface area contributed by atoms with Crippen LogP contribution < -0.4 is 10.6 Å². The SMILES string of the molecule is CN1CCC(N(C)c2cc(Cl)ccc2C(=N)N)CC1. The van der Waals surface area contributed by atoms with Gasteiger partial charge >= 0.3 is 0 Å². The first-order valence-corrected chi connectivity index (χ1v) is 6.92. The van der Waals surface area contributed by atoms with Gasteiger partial charge in [-0.15, -0.1) is 0 Å². The fourth-order valence-corrected chi connectivity index (χ4v) is 2.77. The molecule has 0 bridgehead atoms. The highest BCUT2D eigenvalue weighted by molar-refractivity contribution is 6.31. The summed E-state index contributed by atoms with van der Waals surface area (Å²) in [5.74, 6) is 0.0893. The second-order valence-electron chi connectivity index (χ2n) is 5.22. The van der Waals surface area contributed by atoms with E-state index in [1.807, 2.05) is 12.1 Å². The molecule has 0 unspecified atom stereocenters. The molecule has 2 rings (SSSR count). The van der Waals surface area contributed by atoms with Crippen molar-refractivity contribution >= 4 is 23.1 Å². The maximum atomic E-state index is 7.69. The molecular formula is C14H21ClN4. The summed E-state index contributed by atoms with van der Waals surface area (Å²) in [6, 6.07) is 5.99. The van der Waals surface area contributed by atoms with Crippen molar-refractivity contribution in [3.05, 3.63) is 28.8 Å². The van der Waals surface area contributed by atoms with E-state index in [-0.39, 0.29) is 5.84 Å². The van der Waals surface area contributed by atoms with E-state index in [9.17, 15) is 0 Å². The third kappa shape index (κ3) is 3.19. The first kappa shape index (κ1) is 14.2. The molecule has 1 heterocycles. The number of piperidine rings is 1. The number of anilines is 1. The summed E-state index contributed by atoms with van der Waals surface area (Å²) in [4.78, 5) is 4.56. The number of halogens is 1. The van der Waals surface area contributed by atoms with Crippen molar-refractivity contribution in [1.82, 2.24) is 4.90 Å². The summed E-state index contributed by atoms with van der Waals surface area (Å²) in [7, 11) is 4.21. The maximum absolute atomic E-state index is 7.69. The zero-order chi connectivity index (χ0) is 14.0. The van der Waals surface area contributed by atoms with Crippen LogP contribution in [0.25, 0.3) is 0 Å². The summed E-state index contributed by atoms with van der Waals surface area (Å²) in [5, 5.41) is 8.37. The van der Waals surface area contributed by atoms with E-state index in [1.165, 1.54) is 0 Å². The van der Waals surface area contributed by atoms with Crippen LogP contribution in [0.4, 0.5) is 5.69 Å². The van der Waals surface area contributed by atoms with Gasteiger partial charge in [0.25, 0.3) is 0 Å². The number of nitrogen functional groups attached to an aromatic ring is 1. The minimum atomic E-state index is 0.0893. The third-order valence-electron chi connectivity index (χ3n) is 3.87. The van der Waals surface area contributed by atoms with Crippen molar-refractivity contribution in [2.24, 2.45) is 5.73 Å². The summed E-state index contributed by atoms with van der Waals surface area (Å²) in [6.45, 7) is 2.20. The lowest BCUT2D eigenvalue weighted by Gasteiger charge is -2.37. The van der Waals surface area contributed by atoms with Crippen LogP contribution in [-0.4, -0.2) is 44.0 Å². The van der Waals surface area contributed by atoms with Crippen LogP contribution in [0.15, 0.2) is 18.2 Å². The first-order valence-electron chi connectivity index (χ1n) is 6.54. The summed E-state index contributed by atoms with van der Waals surface area (Å²) in [5.41, 5.74) is 7.37. The zero-order valence-corrected chi connectivity index (χ0v) is 12.2. The molecule has 104 valence electrons. The molecule has 1 aromatic carbocycles. The summed E-state index contributed by atoms with van der Waals surface area (Å²) < 4.78 is 0. The zero-order valence-electron chi connectivity index (χ0n) is 11.5. The van der Waals surface area contributed by atoms with E-state index < -0.39 is 0 Å². The van der Waals surface area contributed by atoms with Crippen molar-refractivity contribution in [3.63, 3.8) is 0 Å². The van der Waals surface area contributed by atoms with Crippen molar-refractivity contribution in [2.45, 2.75) is 18.9 Å². The van der Waals surface area contributed by atoms with Crippen molar-refractivity contribution < 1.29 is 0 Å². The Bertz CT molecular complexity index is 467. The number of benzene rings is 1. The highest BCUT2D eigenvalue weighted by atomic mass is 35.5. The largest absolute Gasteiger partial charge is 0.384 e. The molecule has 4 nitrogen and oxygen atoms in total. The lowest BCUT2D eigenvalue weighted by Crippen LogP contribution is -2.42. The molecule has 1 aliphatic heterocycles. The topological polar surface area (TPSA) is 56.4 Å². The average molecular weight is 281 g/mol. The minimum Gasteiger partial charge on any atom is -0.384 e. The van der Waals surface area contributed by atoms with Gasteiger partial charge in [0.1, 0.15) is 5.84 Å². The average Bonchev–Trinajstić information content (AvgIpc) is 2.38. The molecule has 19 heavy (non-hydrogen) atoms. The van der Waals surface area contributed by atoms with Crippen LogP contribution in [0.5, 0.6) is 0 Å². The maximum Gasteiger partial charge on any atom is 0.124 e. The predicted molar refractivity (Wildman–Crippen MR) is 81.4 cm³/mol. The van der Waals surface area contributed by atoms with Crippen LogP contribution in [0.3, 0.4) is 0 Å². The Kier molecular flexibility index (Phi) is 4.32. The number of rotatable bonds is 3. The molecular weight excluding hydrogens is 260 g/mol. The van der Waals surface area contributed by atoms with Crippen molar-refractivity contribution in [3.8, 4) is 0 Å². The fourth-order valence-electron chi connectivity index (χ4n) is 2.60. The van der Waals surface area contributed by atoms with Crippen LogP contribution in [0.2, 0.25) is 5.02 Å². The Balaban J connectivity index is 2.25. The van der Waals surface area contributed by atoms with Crippen LogP contribution in [0.1, 0.15) is 18.4 Å². The van der Waals surface area contributed by atoms with Crippen molar-refractivity contribution in [1.29, 1.82) is 5.41 Å². The molecule has 5 heteroatoms. The van der Waals surface area contributed by atoms with Gasteiger partial charge < -0.3 is 15.5 Å². The number of nitrogens with one attached hydrogen (secondary N) is 1. The number of nitrogens with two attached hydrogens (primary N) is 1. The molecule has 0 atom stereocenters. The number of hydrogen-bond donors (Lipinski definition) is 2. The number of hydrogen-bond acceptors (Lipinski definition) is 3. The molecule has 0 spiro atoms. The summed E-state index contributed by atoms with van der Waals surface area (Å²) >= 11 is 6.08.